The average molecular weight is 205 g/mol. The number of H-pyrrole nitrogens is 1. The first-order chi connectivity index (χ1) is 7.22. The zero-order valence-corrected chi connectivity index (χ0v) is 8.06. The Kier molecular flexibility index (Phi) is 2.39. The molecule has 78 valence electrons. The van der Waals surface area contributed by atoms with Crippen molar-refractivity contribution in [3.63, 3.8) is 0 Å². The molecule has 1 aromatic carbocycles. The molecule has 0 spiro atoms. The fourth-order valence-electron chi connectivity index (χ4n) is 1.63. The Morgan fingerprint density at radius 1 is 1.47 bits per heavy atom. The van der Waals surface area contributed by atoms with E-state index in [2.05, 4.69) is 4.98 Å². The summed E-state index contributed by atoms with van der Waals surface area (Å²) in [4.78, 5) is 13.2. The summed E-state index contributed by atoms with van der Waals surface area (Å²) in [5.74, 6) is 0. The van der Waals surface area contributed by atoms with Crippen molar-refractivity contribution in [2.24, 2.45) is 5.73 Å². The van der Waals surface area contributed by atoms with Crippen molar-refractivity contribution in [2.75, 3.05) is 6.54 Å². The summed E-state index contributed by atoms with van der Waals surface area (Å²) in [5.41, 5.74) is 7.42. The Labute approximate surface area is 86.0 Å². The lowest BCUT2D eigenvalue weighted by Crippen LogP contribution is -2.02. The van der Waals surface area contributed by atoms with Gasteiger partial charge in [-0.25, -0.2) is 0 Å². The summed E-state index contributed by atoms with van der Waals surface area (Å²) in [7, 11) is 0. The third-order valence-corrected chi connectivity index (χ3v) is 2.35. The monoisotopic (exact) mass is 205 g/mol. The van der Waals surface area contributed by atoms with Gasteiger partial charge in [-0.3, -0.25) is 10.1 Å². The van der Waals surface area contributed by atoms with Gasteiger partial charge in [0, 0.05) is 0 Å². The second-order valence-electron chi connectivity index (χ2n) is 3.35. The molecule has 0 aliphatic carbocycles. The number of fused-ring (bicyclic) bond motifs is 1. The normalized spacial score (nSPS) is 10.7. The van der Waals surface area contributed by atoms with E-state index in [0.717, 1.165) is 17.5 Å². The van der Waals surface area contributed by atoms with E-state index in [-0.39, 0.29) is 10.6 Å². The van der Waals surface area contributed by atoms with Crippen LogP contribution in [0.25, 0.3) is 10.9 Å². The van der Waals surface area contributed by atoms with E-state index in [1.54, 1.807) is 6.07 Å². The van der Waals surface area contributed by atoms with Crippen molar-refractivity contribution in [1.29, 1.82) is 0 Å². The summed E-state index contributed by atoms with van der Waals surface area (Å²) in [6, 6.07) is 5.53. The number of aromatic amines is 1. The quantitative estimate of drug-likeness (QED) is 0.589. The van der Waals surface area contributed by atoms with Gasteiger partial charge in [-0.15, -0.1) is 0 Å². The molecule has 1 aromatic heterocycles. The van der Waals surface area contributed by atoms with Crippen LogP contribution in [0, 0.1) is 10.1 Å². The molecule has 0 aliphatic rings. The Hall–Kier alpha value is -1.88. The SMILES string of the molecule is NCCc1ccc2c([N+](=O)[O-])c[nH]c2c1. The van der Waals surface area contributed by atoms with E-state index in [0.29, 0.717) is 11.9 Å². The molecular formula is C10H11N3O2. The summed E-state index contributed by atoms with van der Waals surface area (Å²) in [6.07, 6.45) is 2.19. The number of benzene rings is 1. The minimum absolute atomic E-state index is 0.115. The first kappa shape index (κ1) is 9.67. The predicted octanol–water partition coefficient (Wildman–Crippen LogP) is 1.58. The van der Waals surface area contributed by atoms with Gasteiger partial charge < -0.3 is 10.7 Å². The van der Waals surface area contributed by atoms with Gasteiger partial charge >= 0.3 is 0 Å². The third-order valence-electron chi connectivity index (χ3n) is 2.35. The Balaban J connectivity index is 2.51. The van der Waals surface area contributed by atoms with Gasteiger partial charge in [-0.2, -0.15) is 0 Å². The van der Waals surface area contributed by atoms with Crippen molar-refractivity contribution in [3.05, 3.63) is 40.1 Å². The molecule has 0 saturated heterocycles. The summed E-state index contributed by atoms with van der Waals surface area (Å²) >= 11 is 0. The highest BCUT2D eigenvalue weighted by atomic mass is 16.6. The van der Waals surface area contributed by atoms with E-state index in [1.807, 2.05) is 12.1 Å². The van der Waals surface area contributed by atoms with Crippen LogP contribution in [0.4, 0.5) is 5.69 Å². The largest absolute Gasteiger partial charge is 0.355 e. The van der Waals surface area contributed by atoms with Crippen LogP contribution in [0.5, 0.6) is 0 Å². The van der Waals surface area contributed by atoms with Crippen molar-refractivity contribution in [2.45, 2.75) is 6.42 Å². The molecule has 0 aliphatic heterocycles. The molecule has 5 heteroatoms. The molecule has 1 heterocycles. The average Bonchev–Trinajstić information content (AvgIpc) is 2.61. The first-order valence-electron chi connectivity index (χ1n) is 4.67. The highest BCUT2D eigenvalue weighted by Crippen LogP contribution is 2.25. The van der Waals surface area contributed by atoms with Crippen LogP contribution >= 0.6 is 0 Å². The van der Waals surface area contributed by atoms with E-state index in [9.17, 15) is 10.1 Å². The second-order valence-corrected chi connectivity index (χ2v) is 3.35. The third kappa shape index (κ3) is 1.69. The Bertz CT molecular complexity index is 504. The van der Waals surface area contributed by atoms with Crippen LogP contribution in [0.1, 0.15) is 5.56 Å². The number of nitro groups is 1. The fraction of sp³-hybridized carbons (Fsp3) is 0.200. The topological polar surface area (TPSA) is 84.9 Å². The van der Waals surface area contributed by atoms with Crippen LogP contribution < -0.4 is 5.73 Å². The fourth-order valence-corrected chi connectivity index (χ4v) is 1.63. The van der Waals surface area contributed by atoms with E-state index >= 15 is 0 Å². The van der Waals surface area contributed by atoms with Crippen LogP contribution in [0.15, 0.2) is 24.4 Å². The van der Waals surface area contributed by atoms with E-state index in [1.165, 1.54) is 6.20 Å². The molecule has 0 atom stereocenters. The summed E-state index contributed by atoms with van der Waals surface area (Å²) < 4.78 is 0. The molecule has 15 heavy (non-hydrogen) atoms. The molecule has 0 saturated carbocycles. The number of rotatable bonds is 3. The smallest absolute Gasteiger partial charge is 0.294 e. The lowest BCUT2D eigenvalue weighted by atomic mass is 10.1. The van der Waals surface area contributed by atoms with Gasteiger partial charge in [0.25, 0.3) is 5.69 Å². The van der Waals surface area contributed by atoms with Gasteiger partial charge in [0.1, 0.15) is 0 Å². The van der Waals surface area contributed by atoms with Crippen molar-refractivity contribution < 1.29 is 4.92 Å². The van der Waals surface area contributed by atoms with Crippen LogP contribution in [0.3, 0.4) is 0 Å². The minimum Gasteiger partial charge on any atom is -0.355 e. The molecule has 5 nitrogen and oxygen atoms in total. The lowest BCUT2D eigenvalue weighted by molar-refractivity contribution is -0.383. The number of nitrogens with zero attached hydrogens (tertiary/aromatic N) is 1. The molecule has 0 radical (unpaired) electrons. The van der Waals surface area contributed by atoms with E-state index in [4.69, 9.17) is 5.73 Å². The lowest BCUT2D eigenvalue weighted by Gasteiger charge is -1.97. The van der Waals surface area contributed by atoms with Crippen molar-refractivity contribution in [1.82, 2.24) is 4.98 Å². The number of nitrogens with one attached hydrogen (secondary N) is 1. The summed E-state index contributed by atoms with van der Waals surface area (Å²) in [6.45, 7) is 0.578. The standard InChI is InChI=1S/C10H11N3O2/c11-4-3-7-1-2-8-9(5-7)12-6-10(8)13(14)15/h1-2,5-6,12H,3-4,11H2. The minimum atomic E-state index is -0.387. The molecule has 2 rings (SSSR count). The maximum atomic E-state index is 10.7. The van der Waals surface area contributed by atoms with Crippen LogP contribution in [-0.4, -0.2) is 16.5 Å². The van der Waals surface area contributed by atoms with Crippen LogP contribution in [0.2, 0.25) is 0 Å². The predicted molar refractivity (Wildman–Crippen MR) is 57.7 cm³/mol. The zero-order chi connectivity index (χ0) is 10.8. The van der Waals surface area contributed by atoms with Crippen LogP contribution in [-0.2, 0) is 6.42 Å². The number of nitrogens with two attached hydrogens (primary N) is 1. The van der Waals surface area contributed by atoms with Crippen molar-refractivity contribution >= 4 is 16.6 Å². The number of aromatic nitrogens is 1. The molecule has 0 amide bonds. The highest BCUT2D eigenvalue weighted by molar-refractivity contribution is 5.89. The maximum Gasteiger partial charge on any atom is 0.294 e. The van der Waals surface area contributed by atoms with E-state index < -0.39 is 0 Å². The Morgan fingerprint density at radius 2 is 2.27 bits per heavy atom. The molecular weight excluding hydrogens is 194 g/mol. The molecule has 3 N–H and O–H groups in total. The molecule has 0 bridgehead atoms. The zero-order valence-electron chi connectivity index (χ0n) is 8.06. The van der Waals surface area contributed by atoms with Gasteiger partial charge in [-0.1, -0.05) is 6.07 Å². The van der Waals surface area contributed by atoms with Crippen molar-refractivity contribution in [3.8, 4) is 0 Å². The first-order valence-corrected chi connectivity index (χ1v) is 4.67. The van der Waals surface area contributed by atoms with Gasteiger partial charge in [-0.05, 0) is 30.7 Å². The highest BCUT2D eigenvalue weighted by Gasteiger charge is 2.13. The van der Waals surface area contributed by atoms with Gasteiger partial charge in [0.15, 0.2) is 0 Å². The Morgan fingerprint density at radius 3 is 2.93 bits per heavy atom. The molecule has 2 aromatic rings. The maximum absolute atomic E-state index is 10.7. The number of hydrogen-bond acceptors (Lipinski definition) is 3. The molecule has 0 unspecified atom stereocenters. The molecule has 0 fully saturated rings. The van der Waals surface area contributed by atoms with Gasteiger partial charge in [0.05, 0.1) is 22.0 Å². The summed E-state index contributed by atoms with van der Waals surface area (Å²) in [5, 5.41) is 11.3. The number of hydrogen-bond donors (Lipinski definition) is 2. The van der Waals surface area contributed by atoms with Gasteiger partial charge in [0.2, 0.25) is 0 Å². The second kappa shape index (κ2) is 3.70.